The lowest BCUT2D eigenvalue weighted by Crippen LogP contribution is -2.30. The van der Waals surface area contributed by atoms with Gasteiger partial charge in [-0.3, -0.25) is 4.79 Å². The SMILES string of the molecule is O=C1Nc2cc(Br)c(Cl)cc2C12CCCC2. The lowest BCUT2D eigenvalue weighted by Gasteiger charge is -2.20. The van der Waals surface area contributed by atoms with Crippen LogP contribution in [0.3, 0.4) is 0 Å². The Hall–Kier alpha value is -0.540. The molecule has 84 valence electrons. The van der Waals surface area contributed by atoms with Crippen molar-refractivity contribution >= 4 is 39.1 Å². The van der Waals surface area contributed by atoms with E-state index in [-0.39, 0.29) is 11.3 Å². The predicted molar refractivity (Wildman–Crippen MR) is 67.9 cm³/mol. The second-order valence-corrected chi connectivity index (χ2v) is 5.82. The van der Waals surface area contributed by atoms with Gasteiger partial charge in [-0.1, -0.05) is 24.4 Å². The van der Waals surface area contributed by atoms with Gasteiger partial charge < -0.3 is 5.32 Å². The van der Waals surface area contributed by atoms with Gasteiger partial charge in [-0.05, 0) is 46.5 Å². The van der Waals surface area contributed by atoms with Crippen LogP contribution < -0.4 is 5.32 Å². The van der Waals surface area contributed by atoms with E-state index in [9.17, 15) is 4.79 Å². The molecule has 0 bridgehead atoms. The number of nitrogens with one attached hydrogen (secondary N) is 1. The number of fused-ring (bicyclic) bond motifs is 2. The van der Waals surface area contributed by atoms with Gasteiger partial charge in [0.25, 0.3) is 0 Å². The van der Waals surface area contributed by atoms with Gasteiger partial charge in [0.1, 0.15) is 0 Å². The molecule has 2 nitrogen and oxygen atoms in total. The van der Waals surface area contributed by atoms with Crippen molar-refractivity contribution in [3.05, 3.63) is 27.2 Å². The monoisotopic (exact) mass is 299 g/mol. The number of hydrogen-bond acceptors (Lipinski definition) is 1. The average Bonchev–Trinajstić information content (AvgIpc) is 2.80. The van der Waals surface area contributed by atoms with Crippen molar-refractivity contribution in [3.63, 3.8) is 0 Å². The maximum atomic E-state index is 12.1. The van der Waals surface area contributed by atoms with Gasteiger partial charge in [-0.2, -0.15) is 0 Å². The summed E-state index contributed by atoms with van der Waals surface area (Å²) < 4.78 is 0.836. The van der Waals surface area contributed by atoms with E-state index in [1.165, 1.54) is 0 Å². The highest BCUT2D eigenvalue weighted by molar-refractivity contribution is 9.10. The number of amides is 1. The first-order valence-electron chi connectivity index (χ1n) is 5.44. The van der Waals surface area contributed by atoms with Crippen molar-refractivity contribution in [3.8, 4) is 0 Å². The fourth-order valence-electron chi connectivity index (χ4n) is 2.89. The van der Waals surface area contributed by atoms with Gasteiger partial charge in [0, 0.05) is 10.2 Å². The molecule has 1 N–H and O–H groups in total. The maximum Gasteiger partial charge on any atom is 0.235 e. The first-order valence-corrected chi connectivity index (χ1v) is 6.61. The van der Waals surface area contributed by atoms with E-state index in [0.717, 1.165) is 41.4 Å². The van der Waals surface area contributed by atoms with E-state index in [2.05, 4.69) is 21.2 Å². The molecule has 1 spiro atoms. The third kappa shape index (κ3) is 1.28. The summed E-state index contributed by atoms with van der Waals surface area (Å²) in [6.07, 6.45) is 4.15. The van der Waals surface area contributed by atoms with E-state index >= 15 is 0 Å². The lowest BCUT2D eigenvalue weighted by molar-refractivity contribution is -0.120. The number of rotatable bonds is 0. The standard InChI is InChI=1S/C12H11BrClNO/c13-8-6-10-7(5-9(8)14)12(11(16)15-10)3-1-2-4-12/h5-6H,1-4H2,(H,15,16). The van der Waals surface area contributed by atoms with Crippen molar-refractivity contribution in [2.75, 3.05) is 5.32 Å². The molecule has 0 atom stereocenters. The quantitative estimate of drug-likeness (QED) is 0.774. The van der Waals surface area contributed by atoms with Crippen LogP contribution >= 0.6 is 27.5 Å². The summed E-state index contributed by atoms with van der Waals surface area (Å²) >= 11 is 9.50. The molecule has 1 saturated carbocycles. The Bertz CT molecular complexity index is 480. The second-order valence-electron chi connectivity index (χ2n) is 4.56. The molecule has 0 saturated heterocycles. The predicted octanol–water partition coefficient (Wildman–Crippen LogP) is 3.87. The highest BCUT2D eigenvalue weighted by Crippen LogP contribution is 2.50. The molecular weight excluding hydrogens is 289 g/mol. The van der Waals surface area contributed by atoms with Gasteiger partial charge in [-0.15, -0.1) is 0 Å². The Morgan fingerprint density at radius 3 is 2.69 bits per heavy atom. The molecule has 1 aromatic carbocycles. The fraction of sp³-hybridized carbons (Fsp3) is 0.417. The molecule has 3 rings (SSSR count). The number of hydrogen-bond donors (Lipinski definition) is 1. The molecule has 1 aromatic rings. The minimum Gasteiger partial charge on any atom is -0.325 e. The summed E-state index contributed by atoms with van der Waals surface area (Å²) in [4.78, 5) is 12.1. The van der Waals surface area contributed by atoms with Gasteiger partial charge in [0.15, 0.2) is 0 Å². The van der Waals surface area contributed by atoms with E-state index in [1.54, 1.807) is 0 Å². The third-order valence-corrected chi connectivity index (χ3v) is 4.91. The van der Waals surface area contributed by atoms with E-state index < -0.39 is 0 Å². The number of carbonyl (C=O) groups excluding carboxylic acids is 1. The van der Waals surface area contributed by atoms with Crippen LogP contribution in [0.5, 0.6) is 0 Å². The minimum absolute atomic E-state index is 0.147. The molecule has 0 unspecified atom stereocenters. The van der Waals surface area contributed by atoms with Crippen molar-refractivity contribution in [1.82, 2.24) is 0 Å². The number of halogens is 2. The molecule has 0 aromatic heterocycles. The van der Waals surface area contributed by atoms with Crippen LogP contribution in [0, 0.1) is 0 Å². The summed E-state index contributed by atoms with van der Waals surface area (Å²) in [6.45, 7) is 0. The average molecular weight is 301 g/mol. The van der Waals surface area contributed by atoms with E-state index in [4.69, 9.17) is 11.6 Å². The van der Waals surface area contributed by atoms with Crippen molar-refractivity contribution in [2.24, 2.45) is 0 Å². The third-order valence-electron chi connectivity index (χ3n) is 3.72. The summed E-state index contributed by atoms with van der Waals surface area (Å²) in [5.74, 6) is 0.147. The lowest BCUT2D eigenvalue weighted by atomic mass is 9.80. The molecule has 1 heterocycles. The van der Waals surface area contributed by atoms with Crippen molar-refractivity contribution < 1.29 is 4.79 Å². The van der Waals surface area contributed by atoms with Crippen LogP contribution in [0.25, 0.3) is 0 Å². The van der Waals surface area contributed by atoms with Crippen LogP contribution in [0.2, 0.25) is 5.02 Å². The van der Waals surface area contributed by atoms with Crippen LogP contribution in [-0.4, -0.2) is 5.91 Å². The Balaban J connectivity index is 2.20. The number of benzene rings is 1. The molecule has 1 aliphatic carbocycles. The molecule has 4 heteroatoms. The first-order chi connectivity index (χ1) is 7.63. The highest BCUT2D eigenvalue weighted by Gasteiger charge is 2.48. The Morgan fingerprint density at radius 2 is 2.00 bits per heavy atom. The zero-order valence-electron chi connectivity index (χ0n) is 8.65. The Morgan fingerprint density at radius 1 is 1.31 bits per heavy atom. The van der Waals surface area contributed by atoms with E-state index in [1.807, 2.05) is 12.1 Å². The molecule has 0 radical (unpaired) electrons. The molecule has 1 aliphatic heterocycles. The number of carbonyl (C=O) groups is 1. The zero-order valence-corrected chi connectivity index (χ0v) is 11.0. The highest BCUT2D eigenvalue weighted by atomic mass is 79.9. The van der Waals surface area contributed by atoms with E-state index in [0.29, 0.717) is 5.02 Å². The molecular formula is C12H11BrClNO. The van der Waals surface area contributed by atoms with Crippen LogP contribution in [-0.2, 0) is 10.2 Å². The molecule has 2 aliphatic rings. The second kappa shape index (κ2) is 3.47. The van der Waals surface area contributed by atoms with Gasteiger partial charge in [0.05, 0.1) is 10.4 Å². The Labute approximate surface area is 107 Å². The zero-order chi connectivity index (χ0) is 11.3. The van der Waals surface area contributed by atoms with Crippen molar-refractivity contribution in [1.29, 1.82) is 0 Å². The molecule has 1 amide bonds. The maximum absolute atomic E-state index is 12.1. The fourth-order valence-corrected chi connectivity index (χ4v) is 3.39. The minimum atomic E-state index is -0.292. The normalized spacial score (nSPS) is 21.2. The van der Waals surface area contributed by atoms with Gasteiger partial charge in [0.2, 0.25) is 5.91 Å². The molecule has 1 fully saturated rings. The summed E-state index contributed by atoms with van der Waals surface area (Å²) in [7, 11) is 0. The molecule has 16 heavy (non-hydrogen) atoms. The number of anilines is 1. The topological polar surface area (TPSA) is 29.1 Å². The first kappa shape index (κ1) is 10.6. The van der Waals surface area contributed by atoms with Gasteiger partial charge >= 0.3 is 0 Å². The summed E-state index contributed by atoms with van der Waals surface area (Å²) in [5.41, 5.74) is 1.71. The Kier molecular flexibility index (Phi) is 2.30. The van der Waals surface area contributed by atoms with Gasteiger partial charge in [-0.25, -0.2) is 0 Å². The van der Waals surface area contributed by atoms with Crippen LogP contribution in [0.1, 0.15) is 31.2 Å². The van der Waals surface area contributed by atoms with Crippen LogP contribution in [0.15, 0.2) is 16.6 Å². The van der Waals surface area contributed by atoms with Crippen LogP contribution in [0.4, 0.5) is 5.69 Å². The summed E-state index contributed by atoms with van der Waals surface area (Å²) in [6, 6.07) is 3.84. The summed E-state index contributed by atoms with van der Waals surface area (Å²) in [5, 5.41) is 3.65. The smallest absolute Gasteiger partial charge is 0.235 e. The largest absolute Gasteiger partial charge is 0.325 e. The van der Waals surface area contributed by atoms with Crippen molar-refractivity contribution in [2.45, 2.75) is 31.1 Å².